The molecule has 26 heavy (non-hydrogen) atoms. The minimum Gasteiger partial charge on any atom is -0.475 e. The molecule has 1 aromatic carbocycles. The van der Waals surface area contributed by atoms with Gasteiger partial charge in [0.2, 0.25) is 5.76 Å². The topological polar surface area (TPSA) is 69.8 Å². The van der Waals surface area contributed by atoms with Crippen molar-refractivity contribution in [1.29, 1.82) is 0 Å². The first-order valence-electron chi connectivity index (χ1n) is 8.84. The number of para-hydroxylation sites is 1. The van der Waals surface area contributed by atoms with Crippen LogP contribution in [0, 0.1) is 0 Å². The van der Waals surface area contributed by atoms with Gasteiger partial charge in [-0.2, -0.15) is 0 Å². The Morgan fingerprint density at radius 3 is 2.58 bits per heavy atom. The highest BCUT2D eigenvalue weighted by atomic mass is 16.4. The highest BCUT2D eigenvalue weighted by molar-refractivity contribution is 6.03. The van der Waals surface area contributed by atoms with E-state index in [-0.39, 0.29) is 5.76 Å². The zero-order valence-electron chi connectivity index (χ0n) is 14.5. The van der Waals surface area contributed by atoms with Crippen molar-refractivity contribution >= 4 is 22.6 Å². The molecule has 6 nitrogen and oxygen atoms in total. The lowest BCUT2D eigenvalue weighted by molar-refractivity contribution is 0.0665. The predicted molar refractivity (Wildman–Crippen MR) is 99.8 cm³/mol. The molecule has 0 saturated carbocycles. The summed E-state index contributed by atoms with van der Waals surface area (Å²) in [6.45, 7) is 4.32. The third-order valence-electron chi connectivity index (χ3n) is 4.86. The van der Waals surface area contributed by atoms with Crippen LogP contribution in [0.4, 0.5) is 5.69 Å². The Hall–Kier alpha value is -2.86. The maximum atomic E-state index is 11.6. The van der Waals surface area contributed by atoms with E-state index in [9.17, 15) is 9.90 Å². The highest BCUT2D eigenvalue weighted by Crippen LogP contribution is 2.34. The van der Waals surface area contributed by atoms with Crippen LogP contribution in [0.15, 0.2) is 53.1 Å². The second-order valence-electron chi connectivity index (χ2n) is 6.48. The first-order valence-corrected chi connectivity index (χ1v) is 8.84. The molecule has 0 spiro atoms. The minimum absolute atomic E-state index is 0.0353. The zero-order chi connectivity index (χ0) is 17.9. The fourth-order valence-electron chi connectivity index (χ4n) is 3.50. The predicted octanol–water partition coefficient (Wildman–Crippen LogP) is 2.89. The van der Waals surface area contributed by atoms with Gasteiger partial charge in [-0.15, -0.1) is 0 Å². The lowest BCUT2D eigenvalue weighted by Crippen LogP contribution is -2.47. The molecule has 1 aliphatic rings. The van der Waals surface area contributed by atoms with Crippen molar-refractivity contribution in [2.75, 3.05) is 37.6 Å². The van der Waals surface area contributed by atoms with Crippen LogP contribution in [-0.2, 0) is 6.42 Å². The second-order valence-corrected chi connectivity index (χ2v) is 6.48. The number of piperazine rings is 1. The molecule has 1 N–H and O–H groups in total. The number of hydrogen-bond acceptors (Lipinski definition) is 5. The molecule has 3 aromatic rings. The van der Waals surface area contributed by atoms with Gasteiger partial charge in [-0.3, -0.25) is 9.88 Å². The molecule has 1 fully saturated rings. The monoisotopic (exact) mass is 351 g/mol. The van der Waals surface area contributed by atoms with E-state index in [0.29, 0.717) is 11.3 Å². The summed E-state index contributed by atoms with van der Waals surface area (Å²) in [5.74, 6) is -0.984. The van der Waals surface area contributed by atoms with Crippen LogP contribution in [-0.4, -0.2) is 53.7 Å². The normalized spacial score (nSPS) is 15.5. The molecule has 1 saturated heterocycles. The van der Waals surface area contributed by atoms with Crippen molar-refractivity contribution < 1.29 is 14.3 Å². The van der Waals surface area contributed by atoms with Crippen LogP contribution in [0.25, 0.3) is 11.0 Å². The van der Waals surface area contributed by atoms with Gasteiger partial charge in [-0.05, 0) is 24.3 Å². The van der Waals surface area contributed by atoms with Gasteiger partial charge in [0.15, 0.2) is 0 Å². The number of nitrogens with zero attached hydrogens (tertiary/aromatic N) is 3. The van der Waals surface area contributed by atoms with Crippen LogP contribution in [0.1, 0.15) is 16.2 Å². The summed E-state index contributed by atoms with van der Waals surface area (Å²) in [7, 11) is 0. The summed E-state index contributed by atoms with van der Waals surface area (Å²) in [6.07, 6.45) is 2.75. The number of aromatic nitrogens is 1. The lowest BCUT2D eigenvalue weighted by atomic mass is 10.1. The van der Waals surface area contributed by atoms with Crippen LogP contribution in [0.5, 0.6) is 0 Å². The Labute approximate surface area is 151 Å². The van der Waals surface area contributed by atoms with E-state index in [1.165, 1.54) is 0 Å². The maximum absolute atomic E-state index is 11.6. The van der Waals surface area contributed by atoms with Gasteiger partial charge in [0, 0.05) is 56.4 Å². The molecule has 134 valence electrons. The number of carbonyl (C=O) groups is 1. The Kier molecular flexibility index (Phi) is 4.58. The van der Waals surface area contributed by atoms with Gasteiger partial charge in [0.05, 0.1) is 5.69 Å². The average Bonchev–Trinajstić information content (AvgIpc) is 3.08. The molecule has 0 atom stereocenters. The summed E-state index contributed by atoms with van der Waals surface area (Å²) in [4.78, 5) is 20.5. The van der Waals surface area contributed by atoms with Gasteiger partial charge >= 0.3 is 5.97 Å². The number of carboxylic acids is 1. The first-order chi connectivity index (χ1) is 12.7. The molecule has 2 aromatic heterocycles. The Bertz CT molecular complexity index is 899. The van der Waals surface area contributed by atoms with E-state index < -0.39 is 5.97 Å². The Morgan fingerprint density at radius 1 is 1.08 bits per heavy atom. The average molecular weight is 351 g/mol. The van der Waals surface area contributed by atoms with Crippen LogP contribution < -0.4 is 4.90 Å². The molecule has 0 amide bonds. The van der Waals surface area contributed by atoms with Gasteiger partial charge in [0.1, 0.15) is 5.58 Å². The number of pyridine rings is 1. The van der Waals surface area contributed by atoms with Crippen molar-refractivity contribution in [2.45, 2.75) is 6.42 Å². The number of fused-ring (bicyclic) bond motifs is 1. The van der Waals surface area contributed by atoms with Crippen molar-refractivity contribution in [3.8, 4) is 0 Å². The summed E-state index contributed by atoms with van der Waals surface area (Å²) in [5, 5.41) is 10.4. The first kappa shape index (κ1) is 16.6. The Balaban J connectivity index is 1.46. The van der Waals surface area contributed by atoms with E-state index >= 15 is 0 Å². The quantitative estimate of drug-likeness (QED) is 0.762. The number of anilines is 1. The number of benzene rings is 1. The van der Waals surface area contributed by atoms with Crippen molar-refractivity contribution in [3.05, 3.63) is 60.1 Å². The standard InChI is InChI=1S/C20H21N3O3/c24-20(25)19-18(16-6-1-2-7-17(16)26-19)23-13-11-22(12-14-23)10-8-15-5-3-4-9-21-15/h1-7,9H,8,10-14H2,(H,24,25). The highest BCUT2D eigenvalue weighted by Gasteiger charge is 2.27. The van der Waals surface area contributed by atoms with Crippen LogP contribution >= 0.6 is 0 Å². The van der Waals surface area contributed by atoms with Crippen LogP contribution in [0.3, 0.4) is 0 Å². The molecule has 0 aliphatic carbocycles. The van der Waals surface area contributed by atoms with Gasteiger partial charge in [-0.1, -0.05) is 18.2 Å². The molecule has 1 aliphatic heterocycles. The lowest BCUT2D eigenvalue weighted by Gasteiger charge is -2.35. The third kappa shape index (κ3) is 3.28. The van der Waals surface area contributed by atoms with E-state index in [4.69, 9.17) is 4.42 Å². The summed E-state index contributed by atoms with van der Waals surface area (Å²) >= 11 is 0. The van der Waals surface area contributed by atoms with Gasteiger partial charge in [-0.25, -0.2) is 4.79 Å². The number of rotatable bonds is 5. The largest absolute Gasteiger partial charge is 0.475 e. The molecule has 0 radical (unpaired) electrons. The molecule has 0 bridgehead atoms. The SMILES string of the molecule is O=C(O)c1oc2ccccc2c1N1CCN(CCc2ccccn2)CC1. The molecular weight excluding hydrogens is 330 g/mol. The summed E-state index contributed by atoms with van der Waals surface area (Å²) in [5.41, 5.74) is 2.43. The van der Waals surface area contributed by atoms with E-state index in [1.807, 2.05) is 48.7 Å². The Morgan fingerprint density at radius 2 is 1.85 bits per heavy atom. The molecule has 4 rings (SSSR count). The molecule has 0 unspecified atom stereocenters. The second kappa shape index (κ2) is 7.17. The van der Waals surface area contributed by atoms with E-state index in [1.54, 1.807) is 0 Å². The van der Waals surface area contributed by atoms with Crippen molar-refractivity contribution in [2.24, 2.45) is 0 Å². The molecule has 6 heteroatoms. The van der Waals surface area contributed by atoms with Gasteiger partial charge in [0.25, 0.3) is 0 Å². The number of carboxylic acid groups (broad SMARTS) is 1. The fraction of sp³-hybridized carbons (Fsp3) is 0.300. The van der Waals surface area contributed by atoms with Crippen molar-refractivity contribution in [1.82, 2.24) is 9.88 Å². The number of aromatic carboxylic acids is 1. The van der Waals surface area contributed by atoms with Crippen LogP contribution in [0.2, 0.25) is 0 Å². The molecular formula is C20H21N3O3. The smallest absolute Gasteiger partial charge is 0.374 e. The summed E-state index contributed by atoms with van der Waals surface area (Å²) < 4.78 is 5.58. The zero-order valence-corrected chi connectivity index (χ0v) is 14.5. The third-order valence-corrected chi connectivity index (χ3v) is 4.86. The van der Waals surface area contributed by atoms with E-state index in [0.717, 1.165) is 50.2 Å². The van der Waals surface area contributed by atoms with E-state index in [2.05, 4.69) is 14.8 Å². The number of furan rings is 1. The minimum atomic E-state index is -1.02. The number of hydrogen-bond donors (Lipinski definition) is 1. The van der Waals surface area contributed by atoms with Gasteiger partial charge < -0.3 is 14.4 Å². The van der Waals surface area contributed by atoms with Crippen molar-refractivity contribution in [3.63, 3.8) is 0 Å². The maximum Gasteiger partial charge on any atom is 0.374 e. The molecule has 3 heterocycles. The fourth-order valence-corrected chi connectivity index (χ4v) is 3.50. The summed E-state index contributed by atoms with van der Waals surface area (Å²) in [6, 6.07) is 13.5.